The number of esters is 1. The molecule has 3 saturated carbocycles. The smallest absolute Gasteiger partial charge is 0.316 e. The Bertz CT molecular complexity index is 973. The van der Waals surface area contributed by atoms with Gasteiger partial charge in [0, 0.05) is 29.7 Å². The zero-order chi connectivity index (χ0) is 28.8. The van der Waals surface area contributed by atoms with Gasteiger partial charge >= 0.3 is 5.97 Å². The summed E-state index contributed by atoms with van der Waals surface area (Å²) in [4.78, 5) is 41.8. The summed E-state index contributed by atoms with van der Waals surface area (Å²) in [6.07, 6.45) is 7.88. The molecule has 8 heteroatoms. The molecule has 7 nitrogen and oxygen atoms in total. The predicted molar refractivity (Wildman–Crippen MR) is 155 cm³/mol. The van der Waals surface area contributed by atoms with Crippen molar-refractivity contribution in [1.82, 2.24) is 4.90 Å². The molecular formula is C31H50N2O5S. The molecule has 220 valence electrons. The minimum absolute atomic E-state index is 0.0455. The van der Waals surface area contributed by atoms with Crippen LogP contribution in [0.25, 0.3) is 0 Å². The van der Waals surface area contributed by atoms with E-state index in [4.69, 9.17) is 10.5 Å². The summed E-state index contributed by atoms with van der Waals surface area (Å²) in [5.74, 6) is -0.200. The highest BCUT2D eigenvalue weighted by Crippen LogP contribution is 2.66. The molecule has 0 aromatic heterocycles. The van der Waals surface area contributed by atoms with Gasteiger partial charge in [-0.1, -0.05) is 47.1 Å². The fourth-order valence-electron chi connectivity index (χ4n) is 8.45. The fourth-order valence-corrected chi connectivity index (χ4v) is 9.57. The van der Waals surface area contributed by atoms with Crippen LogP contribution < -0.4 is 5.73 Å². The Morgan fingerprint density at radius 1 is 1.23 bits per heavy atom. The number of rotatable bonds is 7. The highest BCUT2D eigenvalue weighted by Gasteiger charge is 2.66. The lowest BCUT2D eigenvalue weighted by molar-refractivity contribution is -0.193. The van der Waals surface area contributed by atoms with E-state index < -0.39 is 29.1 Å². The number of piperidine rings is 1. The normalized spacial score (nSPS) is 41.4. The number of carbonyl (C=O) groups is 3. The fraction of sp³-hybridized carbons (Fsp3) is 0.839. The van der Waals surface area contributed by atoms with Crippen LogP contribution in [0.1, 0.15) is 92.4 Å². The Balaban J connectivity index is 1.54. The Morgan fingerprint density at radius 2 is 1.95 bits per heavy atom. The number of aliphatic hydroxyl groups excluding tert-OH is 1. The molecule has 1 aliphatic heterocycles. The van der Waals surface area contributed by atoms with Gasteiger partial charge < -0.3 is 20.5 Å². The second-order valence-corrected chi connectivity index (χ2v) is 14.8. The van der Waals surface area contributed by atoms with E-state index in [-0.39, 0.29) is 52.0 Å². The number of ketones is 1. The summed E-state index contributed by atoms with van der Waals surface area (Å²) in [6, 6.07) is -0.547. The van der Waals surface area contributed by atoms with Crippen molar-refractivity contribution in [2.75, 3.05) is 12.3 Å². The van der Waals surface area contributed by atoms with Crippen LogP contribution in [-0.4, -0.2) is 63.6 Å². The van der Waals surface area contributed by atoms with E-state index in [1.807, 2.05) is 31.7 Å². The average molecular weight is 563 g/mol. The van der Waals surface area contributed by atoms with Crippen LogP contribution in [0.15, 0.2) is 12.7 Å². The first-order valence-electron chi connectivity index (χ1n) is 15.0. The number of ether oxygens (including phenoxy) is 1. The van der Waals surface area contributed by atoms with Crippen LogP contribution in [0.2, 0.25) is 0 Å². The minimum atomic E-state index is -0.673. The molecule has 9 atom stereocenters. The molecular weight excluding hydrogens is 512 g/mol. The van der Waals surface area contributed by atoms with Gasteiger partial charge in [0.15, 0.2) is 0 Å². The third kappa shape index (κ3) is 5.34. The van der Waals surface area contributed by atoms with Crippen molar-refractivity contribution in [2.24, 2.45) is 39.7 Å². The largest absolute Gasteiger partial charge is 0.461 e. The van der Waals surface area contributed by atoms with Gasteiger partial charge in [-0.15, -0.1) is 18.3 Å². The molecule has 4 rings (SSSR count). The highest BCUT2D eigenvalue weighted by molar-refractivity contribution is 8.00. The second kappa shape index (κ2) is 11.5. The summed E-state index contributed by atoms with van der Waals surface area (Å²) < 4.78 is 6.32. The second-order valence-electron chi connectivity index (χ2n) is 13.7. The quantitative estimate of drug-likeness (QED) is 0.342. The van der Waals surface area contributed by atoms with Crippen molar-refractivity contribution in [1.29, 1.82) is 0 Å². The third-order valence-corrected chi connectivity index (χ3v) is 12.3. The van der Waals surface area contributed by atoms with Crippen molar-refractivity contribution in [3.8, 4) is 0 Å². The van der Waals surface area contributed by atoms with E-state index >= 15 is 0 Å². The Hall–Kier alpha value is -1.38. The molecule has 2 bridgehead atoms. The van der Waals surface area contributed by atoms with Crippen LogP contribution in [0.4, 0.5) is 0 Å². The topological polar surface area (TPSA) is 110 Å². The van der Waals surface area contributed by atoms with Crippen LogP contribution in [-0.2, 0) is 19.1 Å². The first-order valence-corrected chi connectivity index (χ1v) is 16.1. The van der Waals surface area contributed by atoms with E-state index in [9.17, 15) is 19.5 Å². The molecule has 1 saturated heterocycles. The van der Waals surface area contributed by atoms with E-state index in [2.05, 4.69) is 20.4 Å². The number of Topliss-reactive ketones (excluding diaryl/α,β-unsaturated/α-hetero) is 1. The third-order valence-electron chi connectivity index (χ3n) is 11.0. The molecule has 0 aromatic carbocycles. The van der Waals surface area contributed by atoms with Crippen molar-refractivity contribution >= 4 is 29.4 Å². The lowest BCUT2D eigenvalue weighted by Crippen LogP contribution is -2.60. The molecule has 1 heterocycles. The Morgan fingerprint density at radius 3 is 2.62 bits per heavy atom. The number of hydrogen-bond donors (Lipinski definition) is 2. The first-order chi connectivity index (χ1) is 18.3. The van der Waals surface area contributed by atoms with Gasteiger partial charge in [-0.2, -0.15) is 0 Å². The molecule has 1 amide bonds. The summed E-state index contributed by atoms with van der Waals surface area (Å²) >= 11 is 1.45. The van der Waals surface area contributed by atoms with Crippen molar-refractivity contribution in [3.05, 3.63) is 12.7 Å². The van der Waals surface area contributed by atoms with Crippen LogP contribution in [0.3, 0.4) is 0 Å². The zero-order valence-corrected chi connectivity index (χ0v) is 25.4. The summed E-state index contributed by atoms with van der Waals surface area (Å²) in [5.41, 5.74) is 4.79. The van der Waals surface area contributed by atoms with Gasteiger partial charge in [-0.25, -0.2) is 0 Å². The van der Waals surface area contributed by atoms with Gasteiger partial charge in [0.2, 0.25) is 5.91 Å². The van der Waals surface area contributed by atoms with Crippen molar-refractivity contribution in [3.63, 3.8) is 0 Å². The Labute approximate surface area is 239 Å². The van der Waals surface area contributed by atoms with Crippen molar-refractivity contribution in [2.45, 2.75) is 116 Å². The molecule has 3 unspecified atom stereocenters. The number of thioether (sulfide) groups is 1. The molecule has 3 aliphatic carbocycles. The summed E-state index contributed by atoms with van der Waals surface area (Å²) in [5, 5.41) is 11.5. The minimum Gasteiger partial charge on any atom is -0.461 e. The molecule has 4 aliphatic rings. The van der Waals surface area contributed by atoms with Crippen LogP contribution in [0, 0.1) is 34.0 Å². The number of nitrogens with two attached hydrogens (primary N) is 1. The van der Waals surface area contributed by atoms with Gasteiger partial charge in [0.1, 0.15) is 11.9 Å². The standard InChI is InChI=1S/C31H50N2O5S/c1-7-29(5)17-22(30(6)13-10-14-31(20(4)27(29)36)15-12-21(34)26(30)31)38-24(35)18-39-23-11-8-9-16-33(23)28(37)25(32)19(2)3/h7,19-20,22-23,25-27,36H,1,8-18,32H2,2-6H3/t20-,22+,23-,25+,26?,27?,29+,30-,31?/m0/s1. The SMILES string of the molecule is C=C[C@]1(C)C[C@@H](OC(=O)CS[C@H]2CCCCN2C(=O)[C@H](N)C(C)C)[C@]2(C)CCCC3(CCC(=O)C32)[C@@H](C)C1O. The van der Waals surface area contributed by atoms with E-state index in [0.29, 0.717) is 19.4 Å². The van der Waals surface area contributed by atoms with Gasteiger partial charge in [0.25, 0.3) is 0 Å². The molecule has 4 fully saturated rings. The number of likely N-dealkylation sites (tertiary alicyclic amines) is 1. The number of aliphatic hydroxyl groups is 1. The zero-order valence-electron chi connectivity index (χ0n) is 24.6. The van der Waals surface area contributed by atoms with Crippen LogP contribution in [0.5, 0.6) is 0 Å². The number of carbonyl (C=O) groups excluding carboxylic acids is 3. The van der Waals surface area contributed by atoms with E-state index in [1.54, 1.807) is 0 Å². The van der Waals surface area contributed by atoms with Crippen LogP contribution >= 0.6 is 11.8 Å². The average Bonchev–Trinajstić information content (AvgIpc) is 3.28. The molecule has 0 spiro atoms. The van der Waals surface area contributed by atoms with Gasteiger partial charge in [-0.05, 0) is 62.2 Å². The van der Waals surface area contributed by atoms with Gasteiger partial charge in [-0.3, -0.25) is 14.4 Å². The number of hydrogen-bond acceptors (Lipinski definition) is 7. The Kier molecular flexibility index (Phi) is 9.00. The van der Waals surface area contributed by atoms with E-state index in [0.717, 1.165) is 44.9 Å². The monoisotopic (exact) mass is 562 g/mol. The van der Waals surface area contributed by atoms with Crippen molar-refractivity contribution < 1.29 is 24.2 Å². The molecule has 0 radical (unpaired) electrons. The molecule has 3 N–H and O–H groups in total. The number of amides is 1. The van der Waals surface area contributed by atoms with E-state index in [1.165, 1.54) is 11.8 Å². The summed E-state index contributed by atoms with van der Waals surface area (Å²) in [7, 11) is 0. The van der Waals surface area contributed by atoms with Gasteiger partial charge in [0.05, 0.1) is 23.3 Å². The molecule has 0 aromatic rings. The molecule has 39 heavy (non-hydrogen) atoms. The maximum atomic E-state index is 13.4. The first kappa shape index (κ1) is 30.6. The lowest BCUT2D eigenvalue weighted by Gasteiger charge is -2.59. The maximum absolute atomic E-state index is 13.4. The highest BCUT2D eigenvalue weighted by atomic mass is 32.2. The lowest BCUT2D eigenvalue weighted by atomic mass is 9.46. The predicted octanol–water partition coefficient (Wildman–Crippen LogP) is 4.70. The number of nitrogens with zero attached hydrogens (tertiary/aromatic N) is 1. The maximum Gasteiger partial charge on any atom is 0.316 e. The summed E-state index contributed by atoms with van der Waals surface area (Å²) in [6.45, 7) is 14.9.